The fraction of sp³-hybridized carbons (Fsp3) is 0.571. The van der Waals surface area contributed by atoms with Crippen LogP contribution in [0.3, 0.4) is 0 Å². The van der Waals surface area contributed by atoms with E-state index in [-0.39, 0.29) is 23.7 Å². The second-order valence-corrected chi connectivity index (χ2v) is 8.46. The molecule has 0 saturated heterocycles. The van der Waals surface area contributed by atoms with Crippen molar-refractivity contribution in [3.63, 3.8) is 0 Å². The van der Waals surface area contributed by atoms with Gasteiger partial charge in [0.05, 0.1) is 5.56 Å². The van der Waals surface area contributed by atoms with Gasteiger partial charge in [0.1, 0.15) is 0 Å². The third kappa shape index (κ3) is 3.27. The van der Waals surface area contributed by atoms with Gasteiger partial charge < -0.3 is 10.1 Å². The third-order valence-corrected chi connectivity index (χ3v) is 6.41. The average Bonchev–Trinajstić information content (AvgIpc) is 2.58. The zero-order valence-electron chi connectivity index (χ0n) is 15.1. The Morgan fingerprint density at radius 1 is 1.00 bits per heavy atom. The molecule has 1 aromatic rings. The van der Waals surface area contributed by atoms with E-state index in [4.69, 9.17) is 4.74 Å². The van der Waals surface area contributed by atoms with Crippen molar-refractivity contribution in [1.29, 1.82) is 0 Å². The molecule has 5 rings (SSSR count). The number of esters is 1. The van der Waals surface area contributed by atoms with Crippen LogP contribution in [0.2, 0.25) is 0 Å². The van der Waals surface area contributed by atoms with Gasteiger partial charge in [0, 0.05) is 18.0 Å². The number of carbonyl (C=O) groups is 3. The van der Waals surface area contributed by atoms with E-state index in [9.17, 15) is 14.4 Å². The van der Waals surface area contributed by atoms with E-state index in [1.165, 1.54) is 26.2 Å². The quantitative estimate of drug-likeness (QED) is 0.819. The van der Waals surface area contributed by atoms with Gasteiger partial charge in [-0.25, -0.2) is 4.79 Å². The second-order valence-electron chi connectivity index (χ2n) is 8.46. The predicted molar refractivity (Wildman–Crippen MR) is 96.6 cm³/mol. The number of hydrogen-bond acceptors (Lipinski definition) is 4. The molecule has 138 valence electrons. The highest BCUT2D eigenvalue weighted by Crippen LogP contribution is 2.60. The molecule has 4 fully saturated rings. The van der Waals surface area contributed by atoms with Gasteiger partial charge in [-0.1, -0.05) is 0 Å². The van der Waals surface area contributed by atoms with Gasteiger partial charge in [-0.05, 0) is 80.5 Å². The number of carbonyl (C=O) groups excluding carboxylic acids is 3. The van der Waals surface area contributed by atoms with Crippen molar-refractivity contribution in [2.24, 2.45) is 23.2 Å². The molecule has 0 atom stereocenters. The minimum Gasteiger partial charge on any atom is -0.454 e. The van der Waals surface area contributed by atoms with Crippen molar-refractivity contribution < 1.29 is 19.1 Å². The third-order valence-electron chi connectivity index (χ3n) is 6.41. The van der Waals surface area contributed by atoms with Crippen LogP contribution in [0.5, 0.6) is 0 Å². The van der Waals surface area contributed by atoms with Crippen LogP contribution in [-0.4, -0.2) is 24.3 Å². The standard InChI is InChI=1S/C21H25NO4/c1-13(23)22-18-4-2-17(3-5-18)20(25)26-12-19(24)21-9-14-6-15(10-21)8-16(7-14)11-21/h2-5,14-16H,6-12H2,1H3,(H,22,23). The van der Waals surface area contributed by atoms with Crippen molar-refractivity contribution in [3.8, 4) is 0 Å². The number of anilines is 1. The summed E-state index contributed by atoms with van der Waals surface area (Å²) >= 11 is 0. The van der Waals surface area contributed by atoms with Gasteiger partial charge in [-0.15, -0.1) is 0 Å². The van der Waals surface area contributed by atoms with Gasteiger partial charge >= 0.3 is 5.97 Å². The summed E-state index contributed by atoms with van der Waals surface area (Å²) in [6.07, 6.45) is 6.81. The Hall–Kier alpha value is -2.17. The Morgan fingerprint density at radius 2 is 1.54 bits per heavy atom. The summed E-state index contributed by atoms with van der Waals surface area (Å²) in [4.78, 5) is 36.2. The number of hydrogen-bond donors (Lipinski definition) is 1. The van der Waals surface area contributed by atoms with Crippen LogP contribution in [0.4, 0.5) is 5.69 Å². The summed E-state index contributed by atoms with van der Waals surface area (Å²) in [6, 6.07) is 6.50. The number of Topliss-reactive ketones (excluding diaryl/α,β-unsaturated/α-hetero) is 1. The molecule has 0 aliphatic heterocycles. The first-order valence-electron chi connectivity index (χ1n) is 9.51. The largest absolute Gasteiger partial charge is 0.454 e. The van der Waals surface area contributed by atoms with Crippen LogP contribution in [-0.2, 0) is 14.3 Å². The zero-order valence-corrected chi connectivity index (χ0v) is 15.1. The number of rotatable bonds is 5. The van der Waals surface area contributed by atoms with Crippen LogP contribution in [0, 0.1) is 23.2 Å². The summed E-state index contributed by atoms with van der Waals surface area (Å²) in [6.45, 7) is 1.30. The Labute approximate surface area is 153 Å². The lowest BCUT2D eigenvalue weighted by Gasteiger charge is -2.55. The van der Waals surface area contributed by atoms with E-state index < -0.39 is 5.97 Å². The minimum atomic E-state index is -0.488. The Bertz CT molecular complexity index is 702. The average molecular weight is 355 g/mol. The second kappa shape index (κ2) is 6.53. The van der Waals surface area contributed by atoms with Gasteiger partial charge in [0.15, 0.2) is 12.4 Å². The van der Waals surface area contributed by atoms with Gasteiger partial charge in [0.2, 0.25) is 5.91 Å². The maximum Gasteiger partial charge on any atom is 0.338 e. The summed E-state index contributed by atoms with van der Waals surface area (Å²) in [7, 11) is 0. The normalized spacial score (nSPS) is 31.5. The molecule has 4 aliphatic rings. The molecule has 4 aliphatic carbocycles. The molecule has 5 nitrogen and oxygen atoms in total. The van der Waals surface area contributed by atoms with E-state index in [2.05, 4.69) is 5.32 Å². The zero-order chi connectivity index (χ0) is 18.3. The SMILES string of the molecule is CC(=O)Nc1ccc(C(=O)OCC(=O)C23CC4CC(CC(C4)C2)C3)cc1. The fourth-order valence-electron chi connectivity index (χ4n) is 5.71. The molecule has 0 aromatic heterocycles. The van der Waals surface area contributed by atoms with E-state index in [0.29, 0.717) is 29.0 Å². The molecule has 0 unspecified atom stereocenters. The summed E-state index contributed by atoms with van der Waals surface area (Å²) in [5.74, 6) is 1.55. The highest BCUT2D eigenvalue weighted by molar-refractivity contribution is 5.94. The first-order valence-corrected chi connectivity index (χ1v) is 9.51. The van der Waals surface area contributed by atoms with Crippen molar-refractivity contribution in [3.05, 3.63) is 29.8 Å². The number of nitrogens with one attached hydrogen (secondary N) is 1. The smallest absolute Gasteiger partial charge is 0.338 e. The number of amides is 1. The lowest BCUT2D eigenvalue weighted by atomic mass is 9.48. The summed E-state index contributed by atoms with van der Waals surface area (Å²) in [5, 5.41) is 2.65. The number of benzene rings is 1. The molecule has 0 spiro atoms. The molecule has 1 amide bonds. The van der Waals surface area contributed by atoms with Gasteiger partial charge in [0.25, 0.3) is 0 Å². The molecule has 4 bridgehead atoms. The van der Waals surface area contributed by atoms with Crippen LogP contribution >= 0.6 is 0 Å². The van der Waals surface area contributed by atoms with E-state index in [1.807, 2.05) is 0 Å². The molecule has 0 radical (unpaired) electrons. The van der Waals surface area contributed by atoms with Crippen molar-refractivity contribution in [1.82, 2.24) is 0 Å². The maximum atomic E-state index is 12.9. The van der Waals surface area contributed by atoms with Crippen LogP contribution < -0.4 is 5.32 Å². The lowest BCUT2D eigenvalue weighted by molar-refractivity contribution is -0.147. The highest BCUT2D eigenvalue weighted by atomic mass is 16.5. The Kier molecular flexibility index (Phi) is 4.33. The topological polar surface area (TPSA) is 72.5 Å². The van der Waals surface area contributed by atoms with E-state index in [0.717, 1.165) is 19.3 Å². The molecule has 26 heavy (non-hydrogen) atoms. The molecule has 4 saturated carbocycles. The van der Waals surface area contributed by atoms with Crippen LogP contribution in [0.1, 0.15) is 55.8 Å². The lowest BCUT2D eigenvalue weighted by Crippen LogP contribution is -2.51. The molecule has 1 aromatic carbocycles. The molecular weight excluding hydrogens is 330 g/mol. The molecule has 1 N–H and O–H groups in total. The van der Waals surface area contributed by atoms with Crippen LogP contribution in [0.25, 0.3) is 0 Å². The minimum absolute atomic E-state index is 0.111. The summed E-state index contributed by atoms with van der Waals surface area (Å²) in [5.41, 5.74) is 0.778. The van der Waals surface area contributed by atoms with E-state index >= 15 is 0 Å². The van der Waals surface area contributed by atoms with E-state index in [1.54, 1.807) is 24.3 Å². The molecular formula is C21H25NO4. The summed E-state index contributed by atoms with van der Waals surface area (Å²) < 4.78 is 5.32. The highest BCUT2D eigenvalue weighted by Gasteiger charge is 2.54. The van der Waals surface area contributed by atoms with Crippen molar-refractivity contribution in [2.45, 2.75) is 45.4 Å². The molecule has 5 heteroatoms. The monoisotopic (exact) mass is 355 g/mol. The number of ether oxygens (including phenoxy) is 1. The van der Waals surface area contributed by atoms with Gasteiger partial charge in [-0.3, -0.25) is 9.59 Å². The van der Waals surface area contributed by atoms with Gasteiger partial charge in [-0.2, -0.15) is 0 Å². The van der Waals surface area contributed by atoms with Crippen molar-refractivity contribution >= 4 is 23.3 Å². The molecule has 0 heterocycles. The Balaban J connectivity index is 1.36. The van der Waals surface area contributed by atoms with Crippen molar-refractivity contribution in [2.75, 3.05) is 11.9 Å². The van der Waals surface area contributed by atoms with Crippen LogP contribution in [0.15, 0.2) is 24.3 Å². The first kappa shape index (κ1) is 17.3. The number of ketones is 1. The maximum absolute atomic E-state index is 12.9. The predicted octanol–water partition coefficient (Wildman–Crippen LogP) is 3.59. The Morgan fingerprint density at radius 3 is 2.04 bits per heavy atom. The fourth-order valence-corrected chi connectivity index (χ4v) is 5.71. The first-order chi connectivity index (χ1) is 12.4.